The van der Waals surface area contributed by atoms with E-state index in [1.165, 1.54) is 10.8 Å². The molecule has 0 aliphatic rings. The van der Waals surface area contributed by atoms with Gasteiger partial charge in [-0.05, 0) is 36.8 Å². The molecule has 3 N–H and O–H groups in total. The van der Waals surface area contributed by atoms with Crippen molar-refractivity contribution in [1.29, 1.82) is 0 Å². The van der Waals surface area contributed by atoms with Crippen molar-refractivity contribution in [3.8, 4) is 0 Å². The molecule has 0 bridgehead atoms. The molecule has 6 nitrogen and oxygen atoms in total. The summed E-state index contributed by atoms with van der Waals surface area (Å²) in [7, 11) is 0. The third-order valence-electron chi connectivity index (χ3n) is 2.75. The van der Waals surface area contributed by atoms with E-state index in [4.69, 9.17) is 18.0 Å². The fourth-order valence-electron chi connectivity index (χ4n) is 1.75. The van der Waals surface area contributed by atoms with E-state index in [0.717, 1.165) is 11.1 Å². The Morgan fingerprint density at radius 1 is 1.38 bits per heavy atom. The lowest BCUT2D eigenvalue weighted by Crippen LogP contribution is -2.29. The summed E-state index contributed by atoms with van der Waals surface area (Å²) in [6.45, 7) is 1.71. The van der Waals surface area contributed by atoms with Gasteiger partial charge in [0.15, 0.2) is 0 Å². The second kappa shape index (κ2) is 6.27. The minimum atomic E-state index is -0.459. The van der Waals surface area contributed by atoms with E-state index in [0.29, 0.717) is 10.7 Å². The van der Waals surface area contributed by atoms with Crippen LogP contribution in [-0.2, 0) is 11.3 Å². The highest BCUT2D eigenvalue weighted by molar-refractivity contribution is 7.80. The first-order chi connectivity index (χ1) is 9.95. The van der Waals surface area contributed by atoms with E-state index >= 15 is 0 Å². The summed E-state index contributed by atoms with van der Waals surface area (Å²) in [6.07, 6.45) is 3.05. The fourth-order valence-corrected chi connectivity index (χ4v) is 1.89. The number of hydrogen-bond donors (Lipinski definition) is 2. The van der Waals surface area contributed by atoms with Crippen molar-refractivity contribution in [2.45, 2.75) is 13.5 Å². The van der Waals surface area contributed by atoms with Crippen LogP contribution in [0.15, 0.2) is 41.5 Å². The number of anilines is 1. The zero-order valence-electron chi connectivity index (χ0n) is 11.4. The van der Waals surface area contributed by atoms with Crippen molar-refractivity contribution in [2.24, 2.45) is 5.73 Å². The first kappa shape index (κ1) is 14.9. The second-order valence-corrected chi connectivity index (χ2v) is 4.97. The number of amides is 1. The fraction of sp³-hybridized carbons (Fsp3) is 0.143. The van der Waals surface area contributed by atoms with Gasteiger partial charge in [-0.3, -0.25) is 9.36 Å². The molecular weight excluding hydrogens is 288 g/mol. The maximum absolute atomic E-state index is 11.9. The standard InChI is InChI=1S/C14H14N4O2S/c1-9-6-16-14(20)18(7-9)8-12(19)17-11-4-2-10(3-5-11)13(15)21/h2-7H,8H2,1H3,(H2,15,21)(H,17,19). The first-order valence-corrected chi connectivity index (χ1v) is 6.59. The Hall–Kier alpha value is -2.54. The molecule has 2 aromatic rings. The van der Waals surface area contributed by atoms with Crippen molar-refractivity contribution in [1.82, 2.24) is 9.55 Å². The summed E-state index contributed by atoms with van der Waals surface area (Å²) < 4.78 is 1.26. The van der Waals surface area contributed by atoms with Gasteiger partial charge in [-0.1, -0.05) is 12.2 Å². The van der Waals surface area contributed by atoms with Crippen molar-refractivity contribution in [3.05, 3.63) is 58.3 Å². The average molecular weight is 302 g/mol. The van der Waals surface area contributed by atoms with Crippen LogP contribution in [-0.4, -0.2) is 20.4 Å². The normalized spacial score (nSPS) is 10.1. The van der Waals surface area contributed by atoms with Gasteiger partial charge in [0.05, 0.1) is 0 Å². The molecule has 7 heteroatoms. The summed E-state index contributed by atoms with van der Waals surface area (Å²) in [6, 6.07) is 6.84. The summed E-state index contributed by atoms with van der Waals surface area (Å²) in [4.78, 5) is 27.4. The maximum atomic E-state index is 11.9. The number of rotatable bonds is 4. The molecule has 0 aliphatic heterocycles. The van der Waals surface area contributed by atoms with Crippen molar-refractivity contribution in [2.75, 3.05) is 5.32 Å². The molecule has 0 unspecified atom stereocenters. The quantitative estimate of drug-likeness (QED) is 0.816. The van der Waals surface area contributed by atoms with Gasteiger partial charge in [0.1, 0.15) is 11.5 Å². The first-order valence-electron chi connectivity index (χ1n) is 6.18. The molecule has 1 aromatic carbocycles. The largest absolute Gasteiger partial charge is 0.389 e. The van der Waals surface area contributed by atoms with E-state index in [9.17, 15) is 9.59 Å². The monoisotopic (exact) mass is 302 g/mol. The number of aromatic nitrogens is 2. The topological polar surface area (TPSA) is 90.0 Å². The van der Waals surface area contributed by atoms with Gasteiger partial charge < -0.3 is 11.1 Å². The molecule has 0 aliphatic carbocycles. The molecule has 1 heterocycles. The van der Waals surface area contributed by atoms with E-state index in [-0.39, 0.29) is 12.5 Å². The lowest BCUT2D eigenvalue weighted by Gasteiger charge is -2.08. The van der Waals surface area contributed by atoms with E-state index < -0.39 is 5.69 Å². The summed E-state index contributed by atoms with van der Waals surface area (Å²) in [5.41, 5.74) is 7.18. The third-order valence-corrected chi connectivity index (χ3v) is 2.99. The van der Waals surface area contributed by atoms with Gasteiger partial charge in [-0.25, -0.2) is 9.78 Å². The number of nitrogens with one attached hydrogen (secondary N) is 1. The molecule has 21 heavy (non-hydrogen) atoms. The molecule has 1 aromatic heterocycles. The van der Waals surface area contributed by atoms with Gasteiger partial charge >= 0.3 is 5.69 Å². The lowest BCUT2D eigenvalue weighted by atomic mass is 10.2. The van der Waals surface area contributed by atoms with E-state index in [2.05, 4.69) is 10.3 Å². The Bertz CT molecular complexity index is 737. The Balaban J connectivity index is 2.06. The van der Waals surface area contributed by atoms with Crippen LogP contribution in [0.25, 0.3) is 0 Å². The Morgan fingerprint density at radius 3 is 2.67 bits per heavy atom. The van der Waals surface area contributed by atoms with Crippen molar-refractivity contribution >= 4 is 28.8 Å². The predicted molar refractivity (Wildman–Crippen MR) is 84.2 cm³/mol. The van der Waals surface area contributed by atoms with Gasteiger partial charge in [0.25, 0.3) is 0 Å². The van der Waals surface area contributed by atoms with Crippen molar-refractivity contribution < 1.29 is 4.79 Å². The Labute approximate surface area is 126 Å². The van der Waals surface area contributed by atoms with Gasteiger partial charge in [-0.2, -0.15) is 0 Å². The molecule has 0 saturated heterocycles. The number of thiocarbonyl (C=S) groups is 1. The number of carbonyl (C=O) groups is 1. The van der Waals surface area contributed by atoms with Crippen molar-refractivity contribution in [3.63, 3.8) is 0 Å². The maximum Gasteiger partial charge on any atom is 0.347 e. The Morgan fingerprint density at radius 2 is 2.05 bits per heavy atom. The van der Waals surface area contributed by atoms with Crippen LogP contribution >= 0.6 is 12.2 Å². The van der Waals surface area contributed by atoms with Gasteiger partial charge in [-0.15, -0.1) is 0 Å². The molecule has 0 spiro atoms. The highest BCUT2D eigenvalue weighted by Crippen LogP contribution is 2.09. The molecule has 2 rings (SSSR count). The summed E-state index contributed by atoms with van der Waals surface area (Å²) >= 11 is 4.85. The number of aryl methyl sites for hydroxylation is 1. The second-order valence-electron chi connectivity index (χ2n) is 4.53. The smallest absolute Gasteiger partial charge is 0.347 e. The molecule has 0 fully saturated rings. The van der Waals surface area contributed by atoms with Crippen LogP contribution in [0.3, 0.4) is 0 Å². The minimum absolute atomic E-state index is 0.0927. The van der Waals surface area contributed by atoms with Gasteiger partial charge in [0, 0.05) is 23.6 Å². The van der Waals surface area contributed by atoms with E-state index in [1.807, 2.05) is 0 Å². The zero-order chi connectivity index (χ0) is 15.4. The molecule has 0 atom stereocenters. The SMILES string of the molecule is Cc1cnc(=O)n(CC(=O)Nc2ccc(C(N)=S)cc2)c1. The van der Waals surface area contributed by atoms with Gasteiger partial charge in [0.2, 0.25) is 5.91 Å². The average Bonchev–Trinajstić information content (AvgIpc) is 2.43. The Kier molecular flexibility index (Phi) is 4.44. The molecule has 0 saturated carbocycles. The lowest BCUT2D eigenvalue weighted by molar-refractivity contribution is -0.116. The number of hydrogen-bond acceptors (Lipinski definition) is 4. The highest BCUT2D eigenvalue weighted by atomic mass is 32.1. The molecule has 108 valence electrons. The van der Waals surface area contributed by atoms with Crippen LogP contribution in [0.4, 0.5) is 5.69 Å². The third kappa shape index (κ3) is 3.96. The number of nitrogens with two attached hydrogens (primary N) is 1. The molecule has 1 amide bonds. The number of benzene rings is 1. The number of nitrogens with zero attached hydrogens (tertiary/aromatic N) is 2. The molecular formula is C14H14N4O2S. The van der Waals surface area contributed by atoms with Crippen LogP contribution in [0.5, 0.6) is 0 Å². The summed E-state index contributed by atoms with van der Waals surface area (Å²) in [5.74, 6) is -0.312. The summed E-state index contributed by atoms with van der Waals surface area (Å²) in [5, 5.41) is 2.69. The predicted octanol–water partition coefficient (Wildman–Crippen LogP) is 0.825. The van der Waals surface area contributed by atoms with E-state index in [1.54, 1.807) is 37.4 Å². The minimum Gasteiger partial charge on any atom is -0.389 e. The highest BCUT2D eigenvalue weighted by Gasteiger charge is 2.06. The number of carbonyl (C=O) groups excluding carboxylic acids is 1. The van der Waals surface area contributed by atoms with Crippen LogP contribution < -0.4 is 16.7 Å². The molecule has 0 radical (unpaired) electrons. The van der Waals surface area contributed by atoms with Crippen LogP contribution in [0.1, 0.15) is 11.1 Å². The zero-order valence-corrected chi connectivity index (χ0v) is 12.2. The van der Waals surface area contributed by atoms with Crippen LogP contribution in [0.2, 0.25) is 0 Å². The van der Waals surface area contributed by atoms with Crippen LogP contribution in [0, 0.1) is 6.92 Å².